The zero-order valence-corrected chi connectivity index (χ0v) is 12.4. The molecule has 0 atom stereocenters. The summed E-state index contributed by atoms with van der Waals surface area (Å²) in [5.41, 5.74) is -0.924. The van der Waals surface area contributed by atoms with E-state index in [2.05, 4.69) is 5.32 Å². The van der Waals surface area contributed by atoms with Crippen molar-refractivity contribution < 1.29 is 22.4 Å². The maximum Gasteiger partial charge on any atom is 0.416 e. The molecule has 0 aliphatic rings. The van der Waals surface area contributed by atoms with E-state index >= 15 is 0 Å². The molecule has 0 bridgehead atoms. The number of nitrogens with one attached hydrogen (secondary N) is 1. The molecular formula is C16H16F3NO2. The maximum absolute atomic E-state index is 12.7. The highest BCUT2D eigenvalue weighted by Gasteiger charge is 2.30. The Bertz CT molecular complexity index is 681. The molecule has 1 aromatic carbocycles. The van der Waals surface area contributed by atoms with Crippen LogP contribution in [-0.2, 0) is 6.18 Å². The first kappa shape index (κ1) is 16.1. The number of amides is 1. The smallest absolute Gasteiger partial charge is 0.416 e. The molecule has 0 aliphatic carbocycles. The largest absolute Gasteiger partial charge is 0.451 e. The number of furan rings is 1. The summed E-state index contributed by atoms with van der Waals surface area (Å²) in [6, 6.07) is 7.70. The highest BCUT2D eigenvalue weighted by molar-refractivity contribution is 5.92. The van der Waals surface area contributed by atoms with Gasteiger partial charge in [-0.3, -0.25) is 4.79 Å². The van der Waals surface area contributed by atoms with Crippen molar-refractivity contribution in [3.8, 4) is 11.3 Å². The van der Waals surface area contributed by atoms with Gasteiger partial charge in [0.05, 0.1) is 5.56 Å². The first-order valence-electron chi connectivity index (χ1n) is 6.66. The number of hydrogen-bond donors (Lipinski definition) is 1. The van der Waals surface area contributed by atoms with Gasteiger partial charge >= 0.3 is 6.18 Å². The minimum atomic E-state index is -4.42. The third kappa shape index (κ3) is 3.90. The van der Waals surface area contributed by atoms with Crippen molar-refractivity contribution >= 4 is 5.91 Å². The normalized spacial score (nSPS) is 12.3. The average molecular weight is 311 g/mol. The molecule has 6 heteroatoms. The fourth-order valence-electron chi connectivity index (χ4n) is 1.87. The average Bonchev–Trinajstić information content (AvgIpc) is 2.85. The van der Waals surface area contributed by atoms with Crippen LogP contribution in [0.4, 0.5) is 13.2 Å². The van der Waals surface area contributed by atoms with Crippen LogP contribution in [0.2, 0.25) is 0 Å². The molecule has 0 saturated carbocycles. The van der Waals surface area contributed by atoms with Gasteiger partial charge in [-0.2, -0.15) is 13.2 Å². The Morgan fingerprint density at radius 3 is 2.36 bits per heavy atom. The number of alkyl halides is 3. The van der Waals surface area contributed by atoms with Crippen LogP contribution in [0.25, 0.3) is 11.3 Å². The predicted octanol–water partition coefficient (Wildman–Crippen LogP) is 4.49. The Balaban J connectivity index is 2.27. The van der Waals surface area contributed by atoms with Crippen molar-refractivity contribution in [3.05, 3.63) is 47.7 Å². The Morgan fingerprint density at radius 2 is 1.77 bits per heavy atom. The van der Waals surface area contributed by atoms with Crippen LogP contribution in [0.5, 0.6) is 0 Å². The van der Waals surface area contributed by atoms with Crippen molar-refractivity contribution in [2.24, 2.45) is 0 Å². The lowest BCUT2D eigenvalue weighted by molar-refractivity contribution is -0.137. The van der Waals surface area contributed by atoms with Crippen molar-refractivity contribution in [1.82, 2.24) is 5.32 Å². The quantitative estimate of drug-likeness (QED) is 0.887. The zero-order valence-electron chi connectivity index (χ0n) is 12.4. The Kier molecular flexibility index (Phi) is 4.04. The van der Waals surface area contributed by atoms with Gasteiger partial charge in [0.25, 0.3) is 5.91 Å². The molecule has 1 N–H and O–H groups in total. The van der Waals surface area contributed by atoms with E-state index in [0.717, 1.165) is 12.1 Å². The molecule has 0 saturated heterocycles. The molecule has 2 rings (SSSR count). The predicted molar refractivity (Wildman–Crippen MR) is 76.4 cm³/mol. The number of benzene rings is 1. The molecule has 1 heterocycles. The first-order valence-corrected chi connectivity index (χ1v) is 6.66. The van der Waals surface area contributed by atoms with E-state index in [1.807, 2.05) is 20.8 Å². The molecule has 2 aromatic rings. The zero-order chi connectivity index (χ0) is 16.5. The lowest BCUT2D eigenvalue weighted by atomic mass is 10.1. The summed E-state index contributed by atoms with van der Waals surface area (Å²) in [5.74, 6) is -0.141. The molecule has 0 fully saturated rings. The molecule has 0 spiro atoms. The molecule has 1 aromatic heterocycles. The Morgan fingerprint density at radius 1 is 1.09 bits per heavy atom. The fraction of sp³-hybridized carbons (Fsp3) is 0.312. The van der Waals surface area contributed by atoms with Crippen LogP contribution in [0.1, 0.15) is 36.9 Å². The topological polar surface area (TPSA) is 42.2 Å². The second-order valence-corrected chi connectivity index (χ2v) is 5.95. The first-order chi connectivity index (χ1) is 10.1. The summed E-state index contributed by atoms with van der Waals surface area (Å²) in [5, 5.41) is 2.72. The molecule has 0 unspecified atom stereocenters. The highest BCUT2D eigenvalue weighted by Crippen LogP contribution is 2.32. The van der Waals surface area contributed by atoms with Crippen molar-refractivity contribution in [2.75, 3.05) is 0 Å². The molecule has 0 aliphatic heterocycles. The van der Waals surface area contributed by atoms with Gasteiger partial charge < -0.3 is 9.73 Å². The second kappa shape index (κ2) is 5.51. The number of carbonyl (C=O) groups excluding carboxylic acids is 1. The third-order valence-electron chi connectivity index (χ3n) is 2.79. The number of halogens is 3. The Hall–Kier alpha value is -2.24. The minimum absolute atomic E-state index is 0.0577. The van der Waals surface area contributed by atoms with Gasteiger partial charge in [-0.25, -0.2) is 0 Å². The van der Waals surface area contributed by atoms with E-state index in [-0.39, 0.29) is 17.1 Å². The van der Waals surface area contributed by atoms with Crippen LogP contribution < -0.4 is 5.32 Å². The van der Waals surface area contributed by atoms with Gasteiger partial charge in [0.1, 0.15) is 5.76 Å². The van der Waals surface area contributed by atoms with Crippen molar-refractivity contribution in [1.29, 1.82) is 0 Å². The van der Waals surface area contributed by atoms with Gasteiger partial charge in [0.2, 0.25) is 0 Å². The lowest BCUT2D eigenvalue weighted by Crippen LogP contribution is -2.40. The SMILES string of the molecule is CC(C)(C)NC(=O)c1ccc(-c2cccc(C(F)(F)F)c2)o1. The lowest BCUT2D eigenvalue weighted by Gasteiger charge is -2.19. The molecule has 1 amide bonds. The van der Waals surface area contributed by atoms with E-state index in [1.165, 1.54) is 24.3 Å². The van der Waals surface area contributed by atoms with Crippen LogP contribution in [0, 0.1) is 0 Å². The molecule has 0 radical (unpaired) electrons. The van der Waals surface area contributed by atoms with Crippen LogP contribution in [0.15, 0.2) is 40.8 Å². The van der Waals surface area contributed by atoms with Gasteiger partial charge in [-0.1, -0.05) is 12.1 Å². The van der Waals surface area contributed by atoms with E-state index in [9.17, 15) is 18.0 Å². The molecular weight excluding hydrogens is 295 g/mol. The highest BCUT2D eigenvalue weighted by atomic mass is 19.4. The molecule has 3 nitrogen and oxygen atoms in total. The van der Waals surface area contributed by atoms with Gasteiger partial charge in [0.15, 0.2) is 5.76 Å². The number of carbonyl (C=O) groups is 1. The summed E-state index contributed by atoms with van der Waals surface area (Å²) >= 11 is 0. The van der Waals surface area contributed by atoms with Crippen LogP contribution in [-0.4, -0.2) is 11.4 Å². The van der Waals surface area contributed by atoms with E-state index in [1.54, 1.807) is 0 Å². The summed E-state index contributed by atoms with van der Waals surface area (Å²) in [6.07, 6.45) is -4.42. The van der Waals surface area contributed by atoms with Crippen molar-refractivity contribution in [3.63, 3.8) is 0 Å². The fourth-order valence-corrected chi connectivity index (χ4v) is 1.87. The van der Waals surface area contributed by atoms with Crippen LogP contribution in [0.3, 0.4) is 0 Å². The van der Waals surface area contributed by atoms with Gasteiger partial charge in [-0.15, -0.1) is 0 Å². The standard InChI is InChI=1S/C16H16F3NO2/c1-15(2,3)20-14(21)13-8-7-12(22-13)10-5-4-6-11(9-10)16(17,18)19/h4-9H,1-3H3,(H,20,21). The minimum Gasteiger partial charge on any atom is -0.451 e. The summed E-state index contributed by atoms with van der Waals surface area (Å²) in [7, 11) is 0. The van der Waals surface area contributed by atoms with E-state index < -0.39 is 23.2 Å². The monoisotopic (exact) mass is 311 g/mol. The van der Waals surface area contributed by atoms with Crippen LogP contribution >= 0.6 is 0 Å². The maximum atomic E-state index is 12.7. The second-order valence-electron chi connectivity index (χ2n) is 5.95. The number of rotatable bonds is 2. The summed E-state index contributed by atoms with van der Waals surface area (Å²) in [4.78, 5) is 11.9. The molecule has 118 valence electrons. The van der Waals surface area contributed by atoms with E-state index in [4.69, 9.17) is 4.42 Å². The van der Waals surface area contributed by atoms with Gasteiger partial charge in [-0.05, 0) is 45.0 Å². The summed E-state index contributed by atoms with van der Waals surface area (Å²) in [6.45, 7) is 5.46. The number of hydrogen-bond acceptors (Lipinski definition) is 2. The molecule has 22 heavy (non-hydrogen) atoms. The summed E-state index contributed by atoms with van der Waals surface area (Å²) < 4.78 is 43.5. The van der Waals surface area contributed by atoms with Gasteiger partial charge in [0, 0.05) is 11.1 Å². The Labute approximate surface area is 126 Å². The third-order valence-corrected chi connectivity index (χ3v) is 2.79. The van der Waals surface area contributed by atoms with E-state index in [0.29, 0.717) is 0 Å². The van der Waals surface area contributed by atoms with Crippen molar-refractivity contribution in [2.45, 2.75) is 32.5 Å².